The molecule has 3 nitrogen and oxygen atoms in total. The van der Waals surface area contributed by atoms with E-state index in [1.807, 2.05) is 20.8 Å². The second-order valence-corrected chi connectivity index (χ2v) is 4.77. The van der Waals surface area contributed by atoms with Crippen LogP contribution >= 0.6 is 0 Å². The van der Waals surface area contributed by atoms with Crippen molar-refractivity contribution in [2.75, 3.05) is 6.61 Å². The first-order chi connectivity index (χ1) is 6.87. The Morgan fingerprint density at radius 1 is 1.40 bits per heavy atom. The third kappa shape index (κ3) is 8.43. The van der Waals surface area contributed by atoms with E-state index < -0.39 is 0 Å². The molecule has 3 heteroatoms. The number of hydrogen-bond acceptors (Lipinski definition) is 2. The summed E-state index contributed by atoms with van der Waals surface area (Å²) in [7, 11) is 0. The molecule has 0 aliphatic heterocycles. The van der Waals surface area contributed by atoms with Gasteiger partial charge in [0, 0.05) is 19.1 Å². The van der Waals surface area contributed by atoms with Crippen molar-refractivity contribution >= 4 is 5.91 Å². The van der Waals surface area contributed by atoms with Crippen LogP contribution in [0, 0.1) is 0 Å². The van der Waals surface area contributed by atoms with Crippen LogP contribution in [0.1, 0.15) is 53.9 Å². The van der Waals surface area contributed by atoms with E-state index in [0.29, 0.717) is 6.42 Å². The van der Waals surface area contributed by atoms with Crippen LogP contribution in [0.2, 0.25) is 0 Å². The van der Waals surface area contributed by atoms with Crippen molar-refractivity contribution in [1.82, 2.24) is 5.32 Å². The predicted molar refractivity (Wildman–Crippen MR) is 62.8 cm³/mol. The number of nitrogens with one attached hydrogen (secondary N) is 1. The van der Waals surface area contributed by atoms with E-state index in [1.54, 1.807) is 0 Å². The van der Waals surface area contributed by atoms with Gasteiger partial charge in [-0.15, -0.1) is 0 Å². The molecular weight excluding hydrogens is 190 g/mol. The van der Waals surface area contributed by atoms with Gasteiger partial charge < -0.3 is 10.1 Å². The van der Waals surface area contributed by atoms with Crippen molar-refractivity contribution in [3.8, 4) is 0 Å². The fourth-order valence-electron chi connectivity index (χ4n) is 1.53. The zero-order valence-corrected chi connectivity index (χ0v) is 10.7. The molecular formula is C12H25NO2. The largest absolute Gasteiger partial charge is 0.376 e. The van der Waals surface area contributed by atoms with Gasteiger partial charge in [-0.2, -0.15) is 0 Å². The molecule has 0 aromatic heterocycles. The highest BCUT2D eigenvalue weighted by Gasteiger charge is 2.17. The molecule has 0 saturated carbocycles. The maximum Gasteiger partial charge on any atom is 0.220 e. The van der Waals surface area contributed by atoms with E-state index in [0.717, 1.165) is 19.4 Å². The average molecular weight is 215 g/mol. The topological polar surface area (TPSA) is 38.3 Å². The summed E-state index contributed by atoms with van der Waals surface area (Å²) in [5.74, 6) is 0.136. The summed E-state index contributed by atoms with van der Waals surface area (Å²) < 4.78 is 5.56. The van der Waals surface area contributed by atoms with E-state index in [4.69, 9.17) is 4.74 Å². The lowest BCUT2D eigenvalue weighted by Crippen LogP contribution is -2.30. The second kappa shape index (κ2) is 6.83. The number of rotatable bonds is 7. The summed E-state index contributed by atoms with van der Waals surface area (Å²) in [5, 5.41) is 2.88. The number of ether oxygens (including phenoxy) is 1. The Morgan fingerprint density at radius 2 is 2.00 bits per heavy atom. The highest BCUT2D eigenvalue weighted by atomic mass is 16.5. The lowest BCUT2D eigenvalue weighted by molar-refractivity contribution is -0.121. The molecule has 0 aromatic rings. The molecule has 0 bridgehead atoms. The number of carbonyl (C=O) groups is 1. The Morgan fingerprint density at radius 3 is 2.47 bits per heavy atom. The number of amides is 1. The first-order valence-corrected chi connectivity index (χ1v) is 5.80. The van der Waals surface area contributed by atoms with Gasteiger partial charge in [0.1, 0.15) is 0 Å². The van der Waals surface area contributed by atoms with Gasteiger partial charge in [-0.05, 0) is 47.5 Å². The number of carbonyl (C=O) groups excluding carboxylic acids is 1. The molecule has 90 valence electrons. The average Bonchev–Trinajstić information content (AvgIpc) is 2.01. The summed E-state index contributed by atoms with van der Waals surface area (Å²) in [5.41, 5.74) is -0.104. The smallest absolute Gasteiger partial charge is 0.220 e. The normalized spacial score (nSPS) is 11.9. The molecule has 0 saturated heterocycles. The molecule has 0 atom stereocenters. The Balaban J connectivity index is 3.65. The van der Waals surface area contributed by atoms with E-state index in [2.05, 4.69) is 19.2 Å². The van der Waals surface area contributed by atoms with Crippen LogP contribution in [-0.4, -0.2) is 24.2 Å². The van der Waals surface area contributed by atoms with Crippen molar-refractivity contribution < 1.29 is 9.53 Å². The fraction of sp³-hybridized carbons (Fsp3) is 0.917. The molecule has 0 aliphatic carbocycles. The minimum atomic E-state index is -0.104. The third-order valence-corrected chi connectivity index (χ3v) is 2.17. The minimum Gasteiger partial charge on any atom is -0.376 e. The molecule has 15 heavy (non-hydrogen) atoms. The second-order valence-electron chi connectivity index (χ2n) is 4.77. The number of hydrogen-bond donors (Lipinski definition) is 1. The summed E-state index contributed by atoms with van der Waals surface area (Å²) in [4.78, 5) is 11.3. The highest BCUT2D eigenvalue weighted by Crippen LogP contribution is 2.17. The summed E-state index contributed by atoms with van der Waals surface area (Å²) >= 11 is 0. The molecule has 0 unspecified atom stereocenters. The van der Waals surface area contributed by atoms with Crippen molar-refractivity contribution in [3.05, 3.63) is 0 Å². The van der Waals surface area contributed by atoms with Crippen LogP contribution < -0.4 is 5.32 Å². The molecule has 0 heterocycles. The van der Waals surface area contributed by atoms with Gasteiger partial charge in [-0.3, -0.25) is 4.79 Å². The van der Waals surface area contributed by atoms with Gasteiger partial charge in [-0.25, -0.2) is 0 Å². The Kier molecular flexibility index (Phi) is 6.57. The van der Waals surface area contributed by atoms with Gasteiger partial charge in [0.25, 0.3) is 0 Å². The first-order valence-electron chi connectivity index (χ1n) is 5.80. The minimum absolute atomic E-state index is 0.104. The Labute approximate surface area is 93.6 Å². The predicted octanol–water partition coefficient (Wildman–Crippen LogP) is 2.50. The van der Waals surface area contributed by atoms with Crippen molar-refractivity contribution in [2.45, 2.75) is 65.5 Å². The van der Waals surface area contributed by atoms with Gasteiger partial charge >= 0.3 is 0 Å². The van der Waals surface area contributed by atoms with Crippen LogP contribution in [-0.2, 0) is 9.53 Å². The maximum atomic E-state index is 11.3. The van der Waals surface area contributed by atoms with Gasteiger partial charge in [0.05, 0.1) is 5.60 Å². The lowest BCUT2D eigenvalue weighted by atomic mass is 10.0. The zero-order valence-electron chi connectivity index (χ0n) is 10.7. The van der Waals surface area contributed by atoms with Crippen molar-refractivity contribution in [3.63, 3.8) is 0 Å². The van der Waals surface area contributed by atoms with E-state index in [1.165, 1.54) is 0 Å². The van der Waals surface area contributed by atoms with Crippen LogP contribution in [0.5, 0.6) is 0 Å². The van der Waals surface area contributed by atoms with Gasteiger partial charge in [-0.1, -0.05) is 0 Å². The fourth-order valence-corrected chi connectivity index (χ4v) is 1.53. The maximum absolute atomic E-state index is 11.3. The van der Waals surface area contributed by atoms with Crippen LogP contribution in [0.15, 0.2) is 0 Å². The van der Waals surface area contributed by atoms with E-state index in [9.17, 15) is 4.79 Å². The van der Waals surface area contributed by atoms with Crippen LogP contribution in [0.3, 0.4) is 0 Å². The molecule has 0 spiro atoms. The van der Waals surface area contributed by atoms with Crippen LogP contribution in [0.4, 0.5) is 0 Å². The van der Waals surface area contributed by atoms with Crippen molar-refractivity contribution in [1.29, 1.82) is 0 Å². The SMILES string of the molecule is CCOC(C)(C)CCCC(=O)NC(C)C. The van der Waals surface area contributed by atoms with Gasteiger partial charge in [0.2, 0.25) is 5.91 Å². The van der Waals surface area contributed by atoms with E-state index >= 15 is 0 Å². The lowest BCUT2D eigenvalue weighted by Gasteiger charge is -2.24. The Bertz CT molecular complexity index is 188. The molecule has 0 aliphatic rings. The molecule has 1 N–H and O–H groups in total. The van der Waals surface area contributed by atoms with Crippen molar-refractivity contribution in [2.24, 2.45) is 0 Å². The molecule has 0 rings (SSSR count). The van der Waals surface area contributed by atoms with Gasteiger partial charge in [0.15, 0.2) is 0 Å². The first kappa shape index (κ1) is 14.4. The third-order valence-electron chi connectivity index (χ3n) is 2.17. The quantitative estimate of drug-likeness (QED) is 0.708. The van der Waals surface area contributed by atoms with Crippen LogP contribution in [0.25, 0.3) is 0 Å². The Hall–Kier alpha value is -0.570. The standard InChI is InChI=1S/C12H25NO2/c1-6-15-12(4,5)9-7-8-11(14)13-10(2)3/h10H,6-9H2,1-5H3,(H,13,14). The molecule has 0 radical (unpaired) electrons. The molecule has 0 aromatic carbocycles. The molecule has 1 amide bonds. The molecule has 0 fully saturated rings. The summed E-state index contributed by atoms with van der Waals surface area (Å²) in [6.07, 6.45) is 2.40. The van der Waals surface area contributed by atoms with E-state index in [-0.39, 0.29) is 17.6 Å². The summed E-state index contributed by atoms with van der Waals surface area (Å²) in [6.45, 7) is 10.8. The zero-order chi connectivity index (χ0) is 11.9. The monoisotopic (exact) mass is 215 g/mol. The highest BCUT2D eigenvalue weighted by molar-refractivity contribution is 5.76. The summed E-state index contributed by atoms with van der Waals surface area (Å²) in [6, 6.07) is 0.234.